The quantitative estimate of drug-likeness (QED) is 0.427. The van der Waals surface area contributed by atoms with Crippen LogP contribution >= 0.6 is 0 Å². The number of aryl methyl sites for hydroxylation is 2. The number of hydrogen-bond acceptors (Lipinski definition) is 2. The first-order valence-corrected chi connectivity index (χ1v) is 9.01. The van der Waals surface area contributed by atoms with Gasteiger partial charge in [0.2, 0.25) is 0 Å². The van der Waals surface area contributed by atoms with Gasteiger partial charge < -0.3 is 8.83 Å². The van der Waals surface area contributed by atoms with Crippen molar-refractivity contribution in [1.29, 1.82) is 0 Å². The van der Waals surface area contributed by atoms with Gasteiger partial charge in [0.25, 0.3) is 0 Å². The van der Waals surface area contributed by atoms with Gasteiger partial charge in [-0.3, -0.25) is 0 Å². The first kappa shape index (κ1) is 16.9. The van der Waals surface area contributed by atoms with Gasteiger partial charge in [0.15, 0.2) is 11.5 Å². The molecule has 2 rings (SSSR count). The molecule has 0 N–H and O–H groups in total. The van der Waals surface area contributed by atoms with E-state index >= 15 is 0 Å². The molecule has 0 bridgehead atoms. The van der Waals surface area contributed by atoms with E-state index in [-0.39, 0.29) is 0 Å². The molecule has 0 amide bonds. The molecule has 0 aromatic carbocycles. The third-order valence-corrected chi connectivity index (χ3v) is 4.12. The van der Waals surface area contributed by atoms with E-state index in [1.165, 1.54) is 51.4 Å². The number of furan rings is 2. The van der Waals surface area contributed by atoms with Crippen LogP contribution in [0.1, 0.15) is 76.7 Å². The average molecular weight is 302 g/mol. The van der Waals surface area contributed by atoms with E-state index in [4.69, 9.17) is 8.83 Å². The van der Waals surface area contributed by atoms with Gasteiger partial charge in [0.05, 0.1) is 0 Å². The molecule has 22 heavy (non-hydrogen) atoms. The van der Waals surface area contributed by atoms with Crippen LogP contribution in [0.3, 0.4) is 0 Å². The summed E-state index contributed by atoms with van der Waals surface area (Å²) in [6.45, 7) is 4.48. The van der Waals surface area contributed by atoms with Crippen molar-refractivity contribution in [2.24, 2.45) is 0 Å². The van der Waals surface area contributed by atoms with E-state index in [0.29, 0.717) is 0 Å². The number of unbranched alkanes of at least 4 members (excludes halogenated alkanes) is 6. The summed E-state index contributed by atoms with van der Waals surface area (Å²) in [6.07, 6.45) is 12.2. The normalized spacial score (nSPS) is 11.2. The molecule has 0 saturated heterocycles. The van der Waals surface area contributed by atoms with Crippen LogP contribution in [0.4, 0.5) is 0 Å². The van der Waals surface area contributed by atoms with Crippen molar-refractivity contribution < 1.29 is 8.83 Å². The second kappa shape index (κ2) is 9.55. The van der Waals surface area contributed by atoms with E-state index in [0.717, 1.165) is 35.9 Å². The Morgan fingerprint density at radius 3 is 1.45 bits per heavy atom. The van der Waals surface area contributed by atoms with Gasteiger partial charge in [-0.1, -0.05) is 52.4 Å². The highest BCUT2D eigenvalue weighted by Gasteiger charge is 2.09. The summed E-state index contributed by atoms with van der Waals surface area (Å²) in [5.74, 6) is 3.88. The van der Waals surface area contributed by atoms with Gasteiger partial charge in [-0.05, 0) is 37.1 Å². The minimum absolute atomic E-state index is 0.866. The zero-order valence-corrected chi connectivity index (χ0v) is 14.2. The molecule has 2 heteroatoms. The van der Waals surface area contributed by atoms with Crippen molar-refractivity contribution in [3.8, 4) is 11.5 Å². The van der Waals surface area contributed by atoms with Crippen LogP contribution in [0.25, 0.3) is 11.5 Å². The highest BCUT2D eigenvalue weighted by Crippen LogP contribution is 2.26. The van der Waals surface area contributed by atoms with Gasteiger partial charge in [-0.25, -0.2) is 0 Å². The van der Waals surface area contributed by atoms with Gasteiger partial charge in [-0.15, -0.1) is 0 Å². The molecule has 0 atom stereocenters. The smallest absolute Gasteiger partial charge is 0.169 e. The first-order chi connectivity index (χ1) is 10.8. The highest BCUT2D eigenvalue weighted by atomic mass is 16.4. The van der Waals surface area contributed by atoms with E-state index in [1.54, 1.807) is 0 Å². The summed E-state index contributed by atoms with van der Waals surface area (Å²) in [4.78, 5) is 0. The molecule has 0 spiro atoms. The lowest BCUT2D eigenvalue weighted by Gasteiger charge is -1.98. The van der Waals surface area contributed by atoms with Gasteiger partial charge >= 0.3 is 0 Å². The average Bonchev–Trinajstić information content (AvgIpc) is 3.17. The van der Waals surface area contributed by atoms with Crippen molar-refractivity contribution in [1.82, 2.24) is 0 Å². The summed E-state index contributed by atoms with van der Waals surface area (Å²) < 4.78 is 11.8. The summed E-state index contributed by atoms with van der Waals surface area (Å²) in [5.41, 5.74) is 0. The molecule has 0 radical (unpaired) electrons. The predicted molar refractivity (Wildman–Crippen MR) is 92.1 cm³/mol. The third-order valence-electron chi connectivity index (χ3n) is 4.12. The van der Waals surface area contributed by atoms with Crippen LogP contribution in [0.15, 0.2) is 33.1 Å². The molecule has 2 aromatic rings. The molecule has 0 aliphatic carbocycles. The Bertz CT molecular complexity index is 473. The highest BCUT2D eigenvalue weighted by molar-refractivity contribution is 5.50. The van der Waals surface area contributed by atoms with E-state index in [1.807, 2.05) is 12.1 Å². The monoisotopic (exact) mass is 302 g/mol. The van der Waals surface area contributed by atoms with Crippen molar-refractivity contribution in [3.63, 3.8) is 0 Å². The Balaban J connectivity index is 1.81. The lowest BCUT2D eigenvalue weighted by molar-refractivity contribution is 0.463. The van der Waals surface area contributed by atoms with Crippen LogP contribution in [0.2, 0.25) is 0 Å². The Morgan fingerprint density at radius 2 is 1.05 bits per heavy atom. The summed E-state index contributed by atoms with van der Waals surface area (Å²) >= 11 is 0. The van der Waals surface area contributed by atoms with Crippen LogP contribution in [0, 0.1) is 0 Å². The van der Waals surface area contributed by atoms with Crippen molar-refractivity contribution >= 4 is 0 Å². The van der Waals surface area contributed by atoms with Gasteiger partial charge in [-0.2, -0.15) is 0 Å². The van der Waals surface area contributed by atoms with Crippen LogP contribution < -0.4 is 0 Å². The standard InChI is InChI=1S/C20H30O2/c1-3-5-7-9-11-17-13-15-19(21-17)20-16-14-18(22-20)12-10-8-6-4-2/h13-16H,3-12H2,1-2H3. The van der Waals surface area contributed by atoms with Crippen molar-refractivity contribution in [3.05, 3.63) is 35.8 Å². The molecular formula is C20H30O2. The Kier molecular flexibility index (Phi) is 7.35. The van der Waals surface area contributed by atoms with Crippen LogP contribution in [0.5, 0.6) is 0 Å². The molecule has 0 aliphatic rings. The minimum Gasteiger partial charge on any atom is -0.458 e. The summed E-state index contributed by atoms with van der Waals surface area (Å²) in [7, 11) is 0. The van der Waals surface area contributed by atoms with Crippen molar-refractivity contribution in [2.45, 2.75) is 78.1 Å². The Labute approximate surface area is 134 Å². The minimum atomic E-state index is 0.866. The molecule has 0 fully saturated rings. The zero-order valence-electron chi connectivity index (χ0n) is 14.2. The van der Waals surface area contributed by atoms with Gasteiger partial charge in [0, 0.05) is 12.8 Å². The largest absolute Gasteiger partial charge is 0.458 e. The Morgan fingerprint density at radius 1 is 0.591 bits per heavy atom. The fraction of sp³-hybridized carbons (Fsp3) is 0.600. The molecule has 0 unspecified atom stereocenters. The fourth-order valence-corrected chi connectivity index (χ4v) is 2.74. The lowest BCUT2D eigenvalue weighted by Crippen LogP contribution is -1.82. The first-order valence-electron chi connectivity index (χ1n) is 9.01. The molecule has 2 aromatic heterocycles. The molecule has 122 valence electrons. The Hall–Kier alpha value is -1.44. The lowest BCUT2D eigenvalue weighted by atomic mass is 10.1. The van der Waals surface area contributed by atoms with Crippen LogP contribution in [-0.2, 0) is 12.8 Å². The molecule has 2 heterocycles. The maximum absolute atomic E-state index is 5.91. The predicted octanol–water partition coefficient (Wildman–Crippen LogP) is 6.79. The van der Waals surface area contributed by atoms with E-state index < -0.39 is 0 Å². The van der Waals surface area contributed by atoms with Crippen LogP contribution in [-0.4, -0.2) is 0 Å². The fourth-order valence-electron chi connectivity index (χ4n) is 2.74. The molecule has 0 aliphatic heterocycles. The SMILES string of the molecule is CCCCCCc1ccc(-c2ccc(CCCCCC)o2)o1. The number of hydrogen-bond donors (Lipinski definition) is 0. The summed E-state index contributed by atoms with van der Waals surface area (Å²) in [5, 5.41) is 0. The molecule has 0 saturated carbocycles. The van der Waals surface area contributed by atoms with E-state index in [9.17, 15) is 0 Å². The van der Waals surface area contributed by atoms with Gasteiger partial charge in [0.1, 0.15) is 11.5 Å². The van der Waals surface area contributed by atoms with E-state index in [2.05, 4.69) is 26.0 Å². The zero-order chi connectivity index (χ0) is 15.6. The topological polar surface area (TPSA) is 26.3 Å². The molecular weight excluding hydrogens is 272 g/mol. The second-order valence-electron chi connectivity index (χ2n) is 6.15. The molecule has 2 nitrogen and oxygen atoms in total. The second-order valence-corrected chi connectivity index (χ2v) is 6.15. The third kappa shape index (κ3) is 5.40. The summed E-state index contributed by atoms with van der Waals surface area (Å²) in [6, 6.07) is 8.25. The number of rotatable bonds is 11. The van der Waals surface area contributed by atoms with Crippen molar-refractivity contribution in [2.75, 3.05) is 0 Å². The maximum atomic E-state index is 5.91. The maximum Gasteiger partial charge on any atom is 0.169 e.